The third kappa shape index (κ3) is 7.27. The van der Waals surface area contributed by atoms with Crippen LogP contribution >= 0.6 is 0 Å². The van der Waals surface area contributed by atoms with E-state index in [-0.39, 0.29) is 18.2 Å². The van der Waals surface area contributed by atoms with E-state index in [2.05, 4.69) is 21.2 Å². The summed E-state index contributed by atoms with van der Waals surface area (Å²) in [7, 11) is 0. The summed E-state index contributed by atoms with van der Waals surface area (Å²) in [4.78, 5) is 26.8. The summed E-state index contributed by atoms with van der Waals surface area (Å²) in [6.07, 6.45) is 7.61. The molecule has 108 valence electrons. The molecule has 0 radical (unpaired) electrons. The van der Waals surface area contributed by atoms with Gasteiger partial charge in [0.2, 0.25) is 11.8 Å². The molecular formula is C14H20N4O2. The molecule has 6 nitrogen and oxygen atoms in total. The predicted octanol–water partition coefficient (Wildman–Crippen LogP) is 0.632. The first-order valence-electron chi connectivity index (χ1n) is 6.60. The van der Waals surface area contributed by atoms with Gasteiger partial charge < -0.3 is 5.32 Å². The van der Waals surface area contributed by atoms with Gasteiger partial charge in [0, 0.05) is 38.0 Å². The van der Waals surface area contributed by atoms with Crippen LogP contribution in [0.3, 0.4) is 0 Å². The van der Waals surface area contributed by atoms with Gasteiger partial charge in [-0.3, -0.25) is 20.0 Å². The van der Waals surface area contributed by atoms with Crippen molar-refractivity contribution in [2.45, 2.75) is 19.8 Å². The van der Waals surface area contributed by atoms with Crippen molar-refractivity contribution in [3.05, 3.63) is 36.2 Å². The largest absolute Gasteiger partial charge is 0.352 e. The number of hydrogen-bond donors (Lipinski definition) is 3. The first-order chi connectivity index (χ1) is 9.72. The van der Waals surface area contributed by atoms with Crippen LogP contribution in [0, 0.1) is 0 Å². The van der Waals surface area contributed by atoms with Crippen LogP contribution in [-0.2, 0) is 9.59 Å². The predicted molar refractivity (Wildman–Crippen MR) is 77.3 cm³/mol. The van der Waals surface area contributed by atoms with Crippen molar-refractivity contribution in [1.82, 2.24) is 21.2 Å². The summed E-state index contributed by atoms with van der Waals surface area (Å²) in [5.74, 6) is -0.377. The minimum atomic E-state index is -0.233. The van der Waals surface area contributed by atoms with E-state index >= 15 is 0 Å². The van der Waals surface area contributed by atoms with E-state index in [1.807, 2.05) is 13.0 Å². The smallest absolute Gasteiger partial charge is 0.244 e. The van der Waals surface area contributed by atoms with Gasteiger partial charge in [-0.1, -0.05) is 13.0 Å². The molecule has 0 aromatic carbocycles. The van der Waals surface area contributed by atoms with E-state index in [0.717, 1.165) is 18.5 Å². The standard InChI is InChI=1S/C14H20N4O2/c1-2-8-17-18-14(20)7-10-16-13(19)6-5-12-4-3-9-15-11-12/h3-6,9,11,17H,2,7-8,10H2,1H3,(H,16,19)(H,18,20)/b6-5+. The van der Waals surface area contributed by atoms with Gasteiger partial charge in [-0.2, -0.15) is 0 Å². The third-order valence-electron chi connectivity index (χ3n) is 2.37. The molecule has 0 atom stereocenters. The summed E-state index contributed by atoms with van der Waals surface area (Å²) in [6, 6.07) is 3.65. The van der Waals surface area contributed by atoms with Crippen LogP contribution in [-0.4, -0.2) is 29.9 Å². The molecule has 0 aliphatic heterocycles. The monoisotopic (exact) mass is 276 g/mol. The van der Waals surface area contributed by atoms with E-state index in [4.69, 9.17) is 0 Å². The third-order valence-corrected chi connectivity index (χ3v) is 2.37. The SMILES string of the molecule is CCCNNC(=O)CCNC(=O)/C=C/c1cccnc1. The van der Waals surface area contributed by atoms with Crippen molar-refractivity contribution in [2.75, 3.05) is 13.1 Å². The Labute approximate surface area is 118 Å². The molecule has 0 bridgehead atoms. The second-order valence-electron chi connectivity index (χ2n) is 4.14. The van der Waals surface area contributed by atoms with Gasteiger partial charge >= 0.3 is 0 Å². The minimum absolute atomic E-state index is 0.144. The first-order valence-corrected chi connectivity index (χ1v) is 6.60. The number of nitrogens with zero attached hydrogens (tertiary/aromatic N) is 1. The summed E-state index contributed by atoms with van der Waals surface area (Å²) in [5, 5.41) is 2.64. The van der Waals surface area contributed by atoms with Crippen molar-refractivity contribution in [2.24, 2.45) is 0 Å². The lowest BCUT2D eigenvalue weighted by atomic mass is 10.2. The van der Waals surface area contributed by atoms with Gasteiger partial charge in [0.05, 0.1) is 0 Å². The maximum atomic E-state index is 11.5. The molecule has 0 aliphatic carbocycles. The van der Waals surface area contributed by atoms with Crippen LogP contribution in [0.1, 0.15) is 25.3 Å². The zero-order valence-corrected chi connectivity index (χ0v) is 11.6. The van der Waals surface area contributed by atoms with E-state index in [1.54, 1.807) is 24.5 Å². The molecule has 1 heterocycles. The molecule has 0 unspecified atom stereocenters. The van der Waals surface area contributed by atoms with Gasteiger partial charge in [-0.25, -0.2) is 5.43 Å². The summed E-state index contributed by atoms with van der Waals surface area (Å²) in [6.45, 7) is 3.04. The molecule has 3 N–H and O–H groups in total. The highest BCUT2D eigenvalue weighted by molar-refractivity contribution is 5.91. The lowest BCUT2D eigenvalue weighted by molar-refractivity contribution is -0.122. The molecule has 0 spiro atoms. The van der Waals surface area contributed by atoms with Crippen LogP contribution in [0.4, 0.5) is 0 Å². The molecule has 0 saturated carbocycles. The zero-order valence-electron chi connectivity index (χ0n) is 11.6. The van der Waals surface area contributed by atoms with Gasteiger partial charge in [0.1, 0.15) is 0 Å². The summed E-state index contributed by atoms with van der Waals surface area (Å²) < 4.78 is 0. The van der Waals surface area contributed by atoms with E-state index in [1.165, 1.54) is 6.08 Å². The van der Waals surface area contributed by atoms with Crippen LogP contribution < -0.4 is 16.2 Å². The van der Waals surface area contributed by atoms with Gasteiger partial charge in [-0.15, -0.1) is 0 Å². The number of nitrogens with one attached hydrogen (secondary N) is 3. The fourth-order valence-corrected chi connectivity index (χ4v) is 1.35. The summed E-state index contributed by atoms with van der Waals surface area (Å²) in [5.41, 5.74) is 6.19. The quantitative estimate of drug-likeness (QED) is 0.369. The number of rotatable bonds is 8. The molecule has 1 rings (SSSR count). The average molecular weight is 276 g/mol. The Morgan fingerprint density at radius 2 is 2.20 bits per heavy atom. The molecule has 6 heteroatoms. The Morgan fingerprint density at radius 1 is 1.35 bits per heavy atom. The molecular weight excluding hydrogens is 256 g/mol. The average Bonchev–Trinajstić information content (AvgIpc) is 2.46. The van der Waals surface area contributed by atoms with E-state index in [9.17, 15) is 9.59 Å². The number of hydrazine groups is 1. The zero-order chi connectivity index (χ0) is 14.6. The van der Waals surface area contributed by atoms with Crippen molar-refractivity contribution < 1.29 is 9.59 Å². The highest BCUT2D eigenvalue weighted by Gasteiger charge is 2.01. The van der Waals surface area contributed by atoms with Crippen LogP contribution in [0.25, 0.3) is 6.08 Å². The number of amides is 2. The number of carbonyl (C=O) groups excluding carboxylic acids is 2. The maximum absolute atomic E-state index is 11.5. The molecule has 20 heavy (non-hydrogen) atoms. The van der Waals surface area contributed by atoms with Crippen molar-refractivity contribution in [3.63, 3.8) is 0 Å². The minimum Gasteiger partial charge on any atom is -0.352 e. The highest BCUT2D eigenvalue weighted by Crippen LogP contribution is 1.97. The van der Waals surface area contributed by atoms with E-state index in [0.29, 0.717) is 6.54 Å². The van der Waals surface area contributed by atoms with E-state index < -0.39 is 0 Å². The Hall–Kier alpha value is -2.21. The van der Waals surface area contributed by atoms with Crippen LogP contribution in [0.2, 0.25) is 0 Å². The highest BCUT2D eigenvalue weighted by atomic mass is 16.2. The Kier molecular flexibility index (Phi) is 7.67. The molecule has 1 aromatic heterocycles. The lowest BCUT2D eigenvalue weighted by Gasteiger charge is -2.05. The topological polar surface area (TPSA) is 83.1 Å². The van der Waals surface area contributed by atoms with Crippen molar-refractivity contribution >= 4 is 17.9 Å². The molecule has 0 fully saturated rings. The molecule has 0 aliphatic rings. The fraction of sp³-hybridized carbons (Fsp3) is 0.357. The number of aromatic nitrogens is 1. The van der Waals surface area contributed by atoms with Crippen LogP contribution in [0.15, 0.2) is 30.6 Å². The molecule has 2 amide bonds. The van der Waals surface area contributed by atoms with Crippen molar-refractivity contribution in [3.8, 4) is 0 Å². The molecule has 0 saturated heterocycles. The van der Waals surface area contributed by atoms with Gasteiger partial charge in [0.15, 0.2) is 0 Å². The van der Waals surface area contributed by atoms with Gasteiger partial charge in [0.25, 0.3) is 0 Å². The second-order valence-corrected chi connectivity index (χ2v) is 4.14. The Balaban J connectivity index is 2.17. The Bertz CT molecular complexity index is 446. The number of carbonyl (C=O) groups is 2. The normalized spacial score (nSPS) is 10.4. The van der Waals surface area contributed by atoms with Gasteiger partial charge in [-0.05, 0) is 24.1 Å². The maximum Gasteiger partial charge on any atom is 0.244 e. The Morgan fingerprint density at radius 3 is 2.90 bits per heavy atom. The number of pyridine rings is 1. The first kappa shape index (κ1) is 15.8. The fourth-order valence-electron chi connectivity index (χ4n) is 1.35. The molecule has 1 aromatic rings. The lowest BCUT2D eigenvalue weighted by Crippen LogP contribution is -2.39. The number of hydrogen-bond acceptors (Lipinski definition) is 4. The second kappa shape index (κ2) is 9.69. The van der Waals surface area contributed by atoms with Crippen molar-refractivity contribution in [1.29, 1.82) is 0 Å². The summed E-state index contributed by atoms with van der Waals surface area (Å²) >= 11 is 0. The van der Waals surface area contributed by atoms with Crippen LogP contribution in [0.5, 0.6) is 0 Å².